The summed E-state index contributed by atoms with van der Waals surface area (Å²) in [6.07, 6.45) is -4.54. The van der Waals surface area contributed by atoms with Gasteiger partial charge < -0.3 is 10.1 Å². The first-order chi connectivity index (χ1) is 10.4. The number of nitrogens with one attached hydrogen (secondary N) is 1. The maximum atomic E-state index is 12.7. The van der Waals surface area contributed by atoms with Gasteiger partial charge in [0, 0.05) is 0 Å². The van der Waals surface area contributed by atoms with Gasteiger partial charge in [-0.2, -0.15) is 28.1 Å². The smallest absolute Gasteiger partial charge is 0.377 e. The highest BCUT2D eigenvalue weighted by atomic mass is 35.5. The summed E-state index contributed by atoms with van der Waals surface area (Å²) in [4.78, 5) is 15.3. The summed E-state index contributed by atoms with van der Waals surface area (Å²) in [6.45, 7) is 1.00. The molecule has 1 saturated heterocycles. The lowest BCUT2D eigenvalue weighted by atomic mass is 10.2. The molecule has 0 aliphatic carbocycles. The molecule has 0 spiro atoms. The van der Waals surface area contributed by atoms with E-state index in [4.69, 9.17) is 16.3 Å². The van der Waals surface area contributed by atoms with E-state index in [-0.39, 0.29) is 28.8 Å². The van der Waals surface area contributed by atoms with Crippen LogP contribution in [0.15, 0.2) is 18.2 Å². The van der Waals surface area contributed by atoms with E-state index in [2.05, 4.69) is 25.3 Å². The fourth-order valence-corrected chi connectivity index (χ4v) is 1.91. The first-order valence-corrected chi connectivity index (χ1v) is 6.60. The Hall–Kier alpha value is -2.00. The zero-order valence-electron chi connectivity index (χ0n) is 10.9. The van der Waals surface area contributed by atoms with Crippen LogP contribution in [0.5, 0.6) is 0 Å². The van der Waals surface area contributed by atoms with E-state index >= 15 is 0 Å². The first kappa shape index (κ1) is 14.9. The Balaban J connectivity index is 1.93. The number of hydrogen-bond acceptors (Lipinski definition) is 6. The van der Waals surface area contributed by atoms with Gasteiger partial charge in [-0.3, -0.25) is 0 Å². The van der Waals surface area contributed by atoms with Crippen molar-refractivity contribution in [3.05, 3.63) is 29.2 Å². The molecule has 1 fully saturated rings. The van der Waals surface area contributed by atoms with Crippen molar-refractivity contribution in [1.29, 1.82) is 0 Å². The molecule has 3 heterocycles. The molecular weight excluding hydrogens is 323 g/mol. The molecule has 0 radical (unpaired) electrons. The normalized spacial score (nSPS) is 15.5. The van der Waals surface area contributed by atoms with Gasteiger partial charge in [0.1, 0.15) is 11.4 Å². The van der Waals surface area contributed by atoms with Crippen molar-refractivity contribution in [1.82, 2.24) is 19.9 Å². The standard InChI is InChI=1S/C12H9ClF3N5O/c13-10-19-9(20-11(21-10)17-6-4-22-5-6)7-2-1-3-8(18-7)12(14,15)16/h1-3,6H,4-5H2,(H,17,19,20,21). The highest BCUT2D eigenvalue weighted by Gasteiger charge is 2.32. The molecule has 0 aromatic carbocycles. The second-order valence-corrected chi connectivity index (χ2v) is 4.87. The van der Waals surface area contributed by atoms with Crippen molar-refractivity contribution in [3.8, 4) is 11.5 Å². The summed E-state index contributed by atoms with van der Waals surface area (Å²) >= 11 is 5.79. The topological polar surface area (TPSA) is 72.8 Å². The van der Waals surface area contributed by atoms with Gasteiger partial charge in [-0.05, 0) is 23.7 Å². The Bertz CT molecular complexity index is 693. The Morgan fingerprint density at radius 3 is 2.55 bits per heavy atom. The number of aromatic nitrogens is 4. The Morgan fingerprint density at radius 2 is 1.91 bits per heavy atom. The van der Waals surface area contributed by atoms with E-state index in [1.165, 1.54) is 12.1 Å². The van der Waals surface area contributed by atoms with Crippen LogP contribution >= 0.6 is 11.6 Å². The number of halogens is 4. The minimum absolute atomic E-state index is 0.0335. The minimum atomic E-state index is -4.54. The van der Waals surface area contributed by atoms with Crippen molar-refractivity contribution >= 4 is 17.5 Å². The molecule has 6 nitrogen and oxygen atoms in total. The molecule has 0 unspecified atom stereocenters. The molecule has 0 amide bonds. The summed E-state index contributed by atoms with van der Waals surface area (Å²) in [6, 6.07) is 3.52. The molecule has 0 saturated carbocycles. The van der Waals surface area contributed by atoms with Gasteiger partial charge in [-0.1, -0.05) is 6.07 Å². The predicted octanol–water partition coefficient (Wildman–Crippen LogP) is 2.42. The number of anilines is 1. The molecular formula is C12H9ClF3N5O. The molecule has 22 heavy (non-hydrogen) atoms. The van der Waals surface area contributed by atoms with Crippen molar-refractivity contribution < 1.29 is 17.9 Å². The van der Waals surface area contributed by atoms with Gasteiger partial charge >= 0.3 is 6.18 Å². The third kappa shape index (κ3) is 3.25. The molecule has 0 bridgehead atoms. The monoisotopic (exact) mass is 331 g/mol. The molecule has 2 aromatic heterocycles. The number of alkyl halides is 3. The minimum Gasteiger partial charge on any atom is -0.377 e. The summed E-state index contributed by atoms with van der Waals surface area (Å²) in [7, 11) is 0. The average Bonchev–Trinajstić information content (AvgIpc) is 2.42. The molecule has 0 atom stereocenters. The third-order valence-electron chi connectivity index (χ3n) is 2.85. The summed E-state index contributed by atoms with van der Waals surface area (Å²) in [5.74, 6) is 0.136. The van der Waals surface area contributed by atoms with Crippen LogP contribution < -0.4 is 5.32 Å². The van der Waals surface area contributed by atoms with Crippen LogP contribution in [0.1, 0.15) is 5.69 Å². The summed E-state index contributed by atoms with van der Waals surface area (Å²) < 4.78 is 43.1. The zero-order chi connectivity index (χ0) is 15.7. The molecule has 10 heteroatoms. The lowest BCUT2D eigenvalue weighted by molar-refractivity contribution is -0.141. The predicted molar refractivity (Wildman–Crippen MR) is 71.3 cm³/mol. The fourth-order valence-electron chi connectivity index (χ4n) is 1.75. The molecule has 116 valence electrons. The maximum Gasteiger partial charge on any atom is 0.433 e. The Kier molecular flexibility index (Phi) is 3.83. The van der Waals surface area contributed by atoms with Gasteiger partial charge in [0.05, 0.1) is 19.3 Å². The Labute approximate surface area is 127 Å². The van der Waals surface area contributed by atoms with Crippen LogP contribution in [0.4, 0.5) is 19.1 Å². The number of ether oxygens (including phenoxy) is 1. The lowest BCUT2D eigenvalue weighted by Gasteiger charge is -2.26. The van der Waals surface area contributed by atoms with E-state index < -0.39 is 11.9 Å². The maximum absolute atomic E-state index is 12.7. The fraction of sp³-hybridized carbons (Fsp3) is 0.333. The largest absolute Gasteiger partial charge is 0.433 e. The molecule has 2 aromatic rings. The molecule has 3 rings (SSSR count). The van der Waals surface area contributed by atoms with E-state index in [0.717, 1.165) is 6.07 Å². The van der Waals surface area contributed by atoms with E-state index in [1.807, 2.05) is 0 Å². The molecule has 1 aliphatic rings. The molecule has 1 N–H and O–H groups in total. The van der Waals surface area contributed by atoms with Crippen molar-refractivity contribution in [2.45, 2.75) is 12.2 Å². The highest BCUT2D eigenvalue weighted by Crippen LogP contribution is 2.29. The third-order valence-corrected chi connectivity index (χ3v) is 3.02. The van der Waals surface area contributed by atoms with Crippen LogP contribution in [0.25, 0.3) is 11.5 Å². The number of hydrogen-bond donors (Lipinski definition) is 1. The van der Waals surface area contributed by atoms with Gasteiger partial charge in [0.25, 0.3) is 0 Å². The second-order valence-electron chi connectivity index (χ2n) is 4.54. The van der Waals surface area contributed by atoms with Crippen LogP contribution in [-0.4, -0.2) is 39.2 Å². The average molecular weight is 332 g/mol. The summed E-state index contributed by atoms with van der Waals surface area (Å²) in [5, 5.41) is 2.82. The van der Waals surface area contributed by atoms with Gasteiger partial charge in [-0.25, -0.2) is 4.98 Å². The van der Waals surface area contributed by atoms with Gasteiger partial charge in [-0.15, -0.1) is 0 Å². The molecule has 1 aliphatic heterocycles. The van der Waals surface area contributed by atoms with Crippen LogP contribution in [0.2, 0.25) is 5.28 Å². The van der Waals surface area contributed by atoms with Crippen LogP contribution in [-0.2, 0) is 10.9 Å². The van der Waals surface area contributed by atoms with Gasteiger partial charge in [0.15, 0.2) is 5.82 Å². The van der Waals surface area contributed by atoms with Crippen molar-refractivity contribution in [2.24, 2.45) is 0 Å². The quantitative estimate of drug-likeness (QED) is 0.931. The number of pyridine rings is 1. The number of nitrogens with zero attached hydrogens (tertiary/aromatic N) is 4. The lowest BCUT2D eigenvalue weighted by Crippen LogP contribution is -2.40. The van der Waals surface area contributed by atoms with E-state index in [1.54, 1.807) is 0 Å². The van der Waals surface area contributed by atoms with Crippen LogP contribution in [0, 0.1) is 0 Å². The van der Waals surface area contributed by atoms with E-state index in [9.17, 15) is 13.2 Å². The summed E-state index contributed by atoms with van der Waals surface area (Å²) in [5.41, 5.74) is -1.06. The van der Waals surface area contributed by atoms with E-state index in [0.29, 0.717) is 13.2 Å². The first-order valence-electron chi connectivity index (χ1n) is 6.22. The Morgan fingerprint density at radius 1 is 1.14 bits per heavy atom. The van der Waals surface area contributed by atoms with Crippen LogP contribution in [0.3, 0.4) is 0 Å². The highest BCUT2D eigenvalue weighted by molar-refractivity contribution is 6.28. The SMILES string of the molecule is FC(F)(F)c1cccc(-c2nc(Cl)nc(NC3COC3)n2)n1. The second kappa shape index (κ2) is 5.65. The van der Waals surface area contributed by atoms with Gasteiger partial charge in [0.2, 0.25) is 11.2 Å². The van der Waals surface area contributed by atoms with Crippen molar-refractivity contribution in [3.63, 3.8) is 0 Å². The zero-order valence-corrected chi connectivity index (χ0v) is 11.7. The number of rotatable bonds is 3. The van der Waals surface area contributed by atoms with Crippen molar-refractivity contribution in [2.75, 3.05) is 18.5 Å².